The van der Waals surface area contributed by atoms with Gasteiger partial charge in [-0.05, 0) is 43.6 Å². The highest BCUT2D eigenvalue weighted by Crippen LogP contribution is 2.34. The van der Waals surface area contributed by atoms with Crippen molar-refractivity contribution in [2.45, 2.75) is 31.9 Å². The first kappa shape index (κ1) is 14.0. The Kier molecular flexibility index (Phi) is 3.78. The van der Waals surface area contributed by atoms with Gasteiger partial charge in [-0.2, -0.15) is 17.0 Å². The minimum absolute atomic E-state index is 0.161. The Morgan fingerprint density at radius 1 is 1.45 bits per heavy atom. The summed E-state index contributed by atoms with van der Waals surface area (Å²) in [6.07, 6.45) is 2.68. The summed E-state index contributed by atoms with van der Waals surface area (Å²) in [6, 6.07) is 4.47. The first-order chi connectivity index (χ1) is 9.61. The molecule has 0 radical (unpaired) electrons. The Bertz CT molecular complexity index is 541. The van der Waals surface area contributed by atoms with Crippen LogP contribution in [0.25, 0.3) is 0 Å². The van der Waals surface area contributed by atoms with Crippen molar-refractivity contribution >= 4 is 29.0 Å². The van der Waals surface area contributed by atoms with Crippen LogP contribution in [0.1, 0.15) is 39.9 Å². The average Bonchev–Trinajstić information content (AvgIpc) is 2.91. The molecule has 0 spiro atoms. The van der Waals surface area contributed by atoms with Gasteiger partial charge < -0.3 is 4.90 Å². The van der Waals surface area contributed by atoms with Gasteiger partial charge in [0.25, 0.3) is 5.91 Å². The molecule has 0 unspecified atom stereocenters. The molecule has 1 saturated heterocycles. The quantitative estimate of drug-likeness (QED) is 0.799. The Balaban J connectivity index is 1.71. The van der Waals surface area contributed by atoms with Crippen LogP contribution in [0.5, 0.6) is 0 Å². The zero-order valence-corrected chi connectivity index (χ0v) is 13.3. The van der Waals surface area contributed by atoms with Crippen LogP contribution in [-0.2, 0) is 12.2 Å². The molecule has 2 aliphatic heterocycles. The van der Waals surface area contributed by atoms with Crippen molar-refractivity contribution in [1.29, 1.82) is 5.26 Å². The summed E-state index contributed by atoms with van der Waals surface area (Å²) in [5.41, 5.74) is 1.11. The van der Waals surface area contributed by atoms with Crippen LogP contribution < -0.4 is 0 Å². The maximum atomic E-state index is 12.6. The van der Waals surface area contributed by atoms with E-state index in [1.54, 1.807) is 11.3 Å². The maximum Gasteiger partial charge on any atom is 0.263 e. The number of rotatable bonds is 1. The Morgan fingerprint density at radius 3 is 2.85 bits per heavy atom. The van der Waals surface area contributed by atoms with Gasteiger partial charge in [0.1, 0.15) is 0 Å². The first-order valence-electron chi connectivity index (χ1n) is 7.01. The number of amides is 1. The molecular weight excluding hydrogens is 288 g/mol. The molecule has 1 fully saturated rings. The second-order valence-corrected chi connectivity index (χ2v) is 8.07. The van der Waals surface area contributed by atoms with E-state index >= 15 is 0 Å². The Labute approximate surface area is 128 Å². The van der Waals surface area contributed by atoms with E-state index in [-0.39, 0.29) is 11.3 Å². The van der Waals surface area contributed by atoms with Crippen LogP contribution in [0.3, 0.4) is 0 Å². The molecular formula is C15H18N2OS2. The van der Waals surface area contributed by atoms with E-state index in [1.165, 1.54) is 16.2 Å². The number of thioether (sulfide) groups is 1. The van der Waals surface area contributed by atoms with Gasteiger partial charge in [-0.25, -0.2) is 0 Å². The molecule has 0 saturated carbocycles. The fraction of sp³-hybridized carbons (Fsp3) is 0.600. The molecule has 0 N–H and O–H groups in total. The van der Waals surface area contributed by atoms with Crippen LogP contribution in [0.15, 0.2) is 6.07 Å². The number of piperidine rings is 1. The van der Waals surface area contributed by atoms with Crippen molar-refractivity contribution in [3.8, 4) is 6.07 Å². The highest BCUT2D eigenvalue weighted by atomic mass is 32.2. The number of thiophene rings is 1. The summed E-state index contributed by atoms with van der Waals surface area (Å²) in [6.45, 7) is 3.41. The molecule has 1 aromatic rings. The third kappa shape index (κ3) is 2.59. The second-order valence-electron chi connectivity index (χ2n) is 5.83. The monoisotopic (exact) mass is 306 g/mol. The molecule has 1 amide bonds. The zero-order valence-electron chi connectivity index (χ0n) is 11.6. The van der Waals surface area contributed by atoms with Gasteiger partial charge in [0.2, 0.25) is 0 Å². The predicted octanol–water partition coefficient (Wildman–Crippen LogP) is 3.30. The van der Waals surface area contributed by atoms with E-state index in [2.05, 4.69) is 12.1 Å². The van der Waals surface area contributed by atoms with Crippen LogP contribution in [0.4, 0.5) is 0 Å². The van der Waals surface area contributed by atoms with Gasteiger partial charge in [-0.3, -0.25) is 4.79 Å². The lowest BCUT2D eigenvalue weighted by atomic mass is 9.82. The van der Waals surface area contributed by atoms with E-state index in [0.717, 1.165) is 29.9 Å². The molecule has 1 aromatic heterocycles. The van der Waals surface area contributed by atoms with Crippen molar-refractivity contribution in [2.75, 3.05) is 18.8 Å². The molecule has 3 heterocycles. The second kappa shape index (κ2) is 5.42. The summed E-state index contributed by atoms with van der Waals surface area (Å²) in [5, 5.41) is 9.15. The normalized spacial score (nSPS) is 21.1. The van der Waals surface area contributed by atoms with Crippen molar-refractivity contribution in [3.63, 3.8) is 0 Å². The molecule has 5 heteroatoms. The highest BCUT2D eigenvalue weighted by molar-refractivity contribution is 7.98. The minimum atomic E-state index is -0.248. The predicted molar refractivity (Wildman–Crippen MR) is 83.0 cm³/mol. The van der Waals surface area contributed by atoms with Crippen molar-refractivity contribution < 1.29 is 4.79 Å². The van der Waals surface area contributed by atoms with Crippen LogP contribution >= 0.6 is 23.1 Å². The summed E-state index contributed by atoms with van der Waals surface area (Å²) in [7, 11) is 0. The molecule has 0 aliphatic carbocycles. The van der Waals surface area contributed by atoms with Crippen LogP contribution in [0.2, 0.25) is 0 Å². The first-order valence-corrected chi connectivity index (χ1v) is 8.98. The molecule has 106 valence electrons. The largest absolute Gasteiger partial charge is 0.338 e. The lowest BCUT2D eigenvalue weighted by molar-refractivity contribution is 0.0666. The topological polar surface area (TPSA) is 44.1 Å². The van der Waals surface area contributed by atoms with E-state index in [9.17, 15) is 4.79 Å². The number of nitriles is 1. The Morgan fingerprint density at radius 2 is 2.20 bits per heavy atom. The number of nitrogens with zero attached hydrogens (tertiary/aromatic N) is 2. The highest BCUT2D eigenvalue weighted by Gasteiger charge is 2.32. The number of carbonyl (C=O) groups is 1. The van der Waals surface area contributed by atoms with Crippen LogP contribution in [-0.4, -0.2) is 29.6 Å². The van der Waals surface area contributed by atoms with Gasteiger partial charge in [-0.1, -0.05) is 0 Å². The number of aryl methyl sites for hydroxylation is 1. The van der Waals surface area contributed by atoms with Crippen LogP contribution in [0, 0.1) is 16.7 Å². The number of carbonyl (C=O) groups excluding carboxylic acids is 1. The van der Waals surface area contributed by atoms with Gasteiger partial charge in [-0.15, -0.1) is 11.3 Å². The lowest BCUT2D eigenvalue weighted by Gasteiger charge is -2.34. The summed E-state index contributed by atoms with van der Waals surface area (Å²) < 4.78 is 0. The Hall–Kier alpha value is -0.990. The number of hydrogen-bond acceptors (Lipinski definition) is 4. The molecule has 3 nitrogen and oxygen atoms in total. The van der Waals surface area contributed by atoms with Gasteiger partial charge in [0.05, 0.1) is 16.4 Å². The smallest absolute Gasteiger partial charge is 0.263 e. The van der Waals surface area contributed by atoms with Gasteiger partial charge in [0, 0.05) is 23.7 Å². The summed E-state index contributed by atoms with van der Waals surface area (Å²) in [5.74, 6) is 2.38. The molecule has 20 heavy (non-hydrogen) atoms. The number of fused-ring (bicyclic) bond motifs is 1. The zero-order chi connectivity index (χ0) is 14.2. The van der Waals surface area contributed by atoms with E-state index in [0.29, 0.717) is 13.1 Å². The fourth-order valence-corrected chi connectivity index (χ4v) is 5.06. The molecule has 0 bridgehead atoms. The van der Waals surface area contributed by atoms with E-state index < -0.39 is 0 Å². The summed E-state index contributed by atoms with van der Waals surface area (Å²) in [4.78, 5) is 16.8. The molecule has 3 rings (SSSR count). The van der Waals surface area contributed by atoms with E-state index in [1.807, 2.05) is 23.6 Å². The molecule has 0 atom stereocenters. The lowest BCUT2D eigenvalue weighted by Crippen LogP contribution is -2.41. The van der Waals surface area contributed by atoms with E-state index in [4.69, 9.17) is 5.26 Å². The molecule has 0 aromatic carbocycles. The minimum Gasteiger partial charge on any atom is -0.338 e. The third-order valence-corrected chi connectivity index (χ3v) is 6.50. The van der Waals surface area contributed by atoms with Gasteiger partial charge >= 0.3 is 0 Å². The summed E-state index contributed by atoms with van der Waals surface area (Å²) >= 11 is 3.62. The van der Waals surface area contributed by atoms with Crippen molar-refractivity contribution in [3.05, 3.63) is 21.4 Å². The third-order valence-electron chi connectivity index (χ3n) is 4.26. The fourth-order valence-electron chi connectivity index (χ4n) is 2.72. The molecule has 2 aliphatic rings. The SMILES string of the molecule is CC1(C#N)CCN(C(=O)c2cc3c(s2)CCSC3)CC1. The van der Waals surface area contributed by atoms with Crippen molar-refractivity contribution in [1.82, 2.24) is 4.90 Å². The average molecular weight is 306 g/mol. The number of hydrogen-bond donors (Lipinski definition) is 0. The maximum absolute atomic E-state index is 12.6. The standard InChI is InChI=1S/C15H18N2OS2/c1-15(10-16)3-5-17(6-4-15)14(18)13-8-11-9-19-7-2-12(11)20-13/h8H,2-7,9H2,1H3. The van der Waals surface area contributed by atoms with Crippen molar-refractivity contribution in [2.24, 2.45) is 5.41 Å². The number of likely N-dealkylation sites (tertiary alicyclic amines) is 1. The van der Waals surface area contributed by atoms with Gasteiger partial charge in [0.15, 0.2) is 0 Å².